The number of benzene rings is 1. The molecule has 4 heteroatoms. The van der Waals surface area contributed by atoms with Crippen LogP contribution in [0.2, 0.25) is 0 Å². The Bertz CT molecular complexity index is 747. The minimum atomic E-state index is 0.354. The van der Waals surface area contributed by atoms with Gasteiger partial charge in [-0.2, -0.15) is 5.26 Å². The highest BCUT2D eigenvalue weighted by Gasteiger charge is 2.21. The predicted octanol–water partition coefficient (Wildman–Crippen LogP) is 4.62. The maximum atomic E-state index is 9.59. The lowest BCUT2D eigenvalue weighted by molar-refractivity contribution is 0.610. The number of nitrogen functional groups attached to an aromatic ring is 1. The number of nitrogens with zero attached hydrogens (tertiary/aromatic N) is 2. The molecular weight excluding hydrogens is 338 g/mol. The number of nitrogens with two attached hydrogens (primary N) is 1. The number of pyridine rings is 1. The lowest BCUT2D eigenvalue weighted by atomic mass is 9.88. The summed E-state index contributed by atoms with van der Waals surface area (Å²) in [6.45, 7) is 0. The molecule has 0 saturated carbocycles. The highest BCUT2D eigenvalue weighted by atomic mass is 79.9. The van der Waals surface area contributed by atoms with E-state index in [4.69, 9.17) is 5.73 Å². The number of halogens is 1. The molecule has 0 bridgehead atoms. The van der Waals surface area contributed by atoms with Gasteiger partial charge in [-0.3, -0.25) is 0 Å². The molecule has 1 aromatic carbocycles. The van der Waals surface area contributed by atoms with Gasteiger partial charge in [-0.25, -0.2) is 4.98 Å². The molecule has 0 spiro atoms. The second kappa shape index (κ2) is 6.50. The Labute approximate surface area is 139 Å². The Morgan fingerprint density at radius 1 is 1.09 bits per heavy atom. The summed E-state index contributed by atoms with van der Waals surface area (Å²) in [6.07, 6.45) is 6.67. The maximum absolute atomic E-state index is 9.59. The average Bonchev–Trinajstić information content (AvgIpc) is 2.49. The van der Waals surface area contributed by atoms with E-state index in [0.29, 0.717) is 11.4 Å². The molecule has 3 nitrogen and oxygen atoms in total. The average molecular weight is 356 g/mol. The monoisotopic (exact) mass is 355 g/mol. The molecule has 0 radical (unpaired) electrons. The molecule has 112 valence electrons. The van der Waals surface area contributed by atoms with Gasteiger partial charge in [0.1, 0.15) is 17.5 Å². The molecule has 22 heavy (non-hydrogen) atoms. The van der Waals surface area contributed by atoms with Gasteiger partial charge in [0, 0.05) is 15.7 Å². The topological polar surface area (TPSA) is 62.7 Å². The van der Waals surface area contributed by atoms with Crippen molar-refractivity contribution in [2.75, 3.05) is 5.73 Å². The van der Waals surface area contributed by atoms with Gasteiger partial charge in [0.25, 0.3) is 0 Å². The van der Waals surface area contributed by atoms with Gasteiger partial charge in [-0.1, -0.05) is 47.0 Å². The van der Waals surface area contributed by atoms with E-state index >= 15 is 0 Å². The zero-order valence-corrected chi connectivity index (χ0v) is 14.0. The molecule has 2 aromatic rings. The van der Waals surface area contributed by atoms with Crippen LogP contribution < -0.4 is 5.73 Å². The molecule has 0 fully saturated rings. The molecule has 1 aliphatic rings. The number of nitriles is 1. The van der Waals surface area contributed by atoms with Crippen molar-refractivity contribution in [3.05, 3.63) is 45.6 Å². The van der Waals surface area contributed by atoms with Crippen LogP contribution in [0.4, 0.5) is 5.82 Å². The number of rotatable bonds is 1. The zero-order valence-electron chi connectivity index (χ0n) is 12.4. The van der Waals surface area contributed by atoms with Crippen molar-refractivity contribution in [2.24, 2.45) is 0 Å². The Balaban J connectivity index is 2.31. The van der Waals surface area contributed by atoms with E-state index in [2.05, 4.69) is 27.0 Å². The van der Waals surface area contributed by atoms with Crippen molar-refractivity contribution >= 4 is 21.7 Å². The number of aryl methyl sites for hydroxylation is 1. The summed E-state index contributed by atoms with van der Waals surface area (Å²) in [5.74, 6) is 0.354. The van der Waals surface area contributed by atoms with Crippen LogP contribution in [-0.4, -0.2) is 4.98 Å². The van der Waals surface area contributed by atoms with Crippen molar-refractivity contribution < 1.29 is 0 Å². The second-order valence-electron chi connectivity index (χ2n) is 5.68. The highest BCUT2D eigenvalue weighted by Crippen LogP contribution is 2.38. The van der Waals surface area contributed by atoms with Crippen LogP contribution >= 0.6 is 15.9 Å². The third-order valence-electron chi connectivity index (χ3n) is 4.26. The van der Waals surface area contributed by atoms with E-state index in [1.165, 1.54) is 18.4 Å². The van der Waals surface area contributed by atoms with Gasteiger partial charge < -0.3 is 5.73 Å². The smallest absolute Gasteiger partial charge is 0.142 e. The van der Waals surface area contributed by atoms with E-state index in [9.17, 15) is 5.26 Å². The molecule has 0 saturated heterocycles. The van der Waals surface area contributed by atoms with Crippen molar-refractivity contribution in [3.63, 3.8) is 0 Å². The lowest BCUT2D eigenvalue weighted by Crippen LogP contribution is -2.10. The minimum absolute atomic E-state index is 0.354. The normalized spacial score (nSPS) is 14.5. The number of hydrogen-bond acceptors (Lipinski definition) is 3. The molecule has 0 atom stereocenters. The molecule has 3 rings (SSSR count). The Morgan fingerprint density at radius 2 is 1.82 bits per heavy atom. The highest BCUT2D eigenvalue weighted by molar-refractivity contribution is 9.10. The Kier molecular flexibility index (Phi) is 4.44. The minimum Gasteiger partial charge on any atom is -0.383 e. The van der Waals surface area contributed by atoms with Crippen LogP contribution in [0.25, 0.3) is 11.1 Å². The SMILES string of the molecule is N#Cc1c(N)nc2c(c1-c1ccccc1Br)CCCCCC2. The maximum Gasteiger partial charge on any atom is 0.142 e. The van der Waals surface area contributed by atoms with Crippen LogP contribution in [0.3, 0.4) is 0 Å². The molecule has 2 N–H and O–H groups in total. The fourth-order valence-electron chi connectivity index (χ4n) is 3.19. The van der Waals surface area contributed by atoms with E-state index in [1.54, 1.807) is 0 Å². The van der Waals surface area contributed by atoms with Gasteiger partial charge in [0.15, 0.2) is 0 Å². The van der Waals surface area contributed by atoms with E-state index < -0.39 is 0 Å². The molecule has 0 aliphatic heterocycles. The van der Waals surface area contributed by atoms with Crippen molar-refractivity contribution in [3.8, 4) is 17.2 Å². The van der Waals surface area contributed by atoms with E-state index in [-0.39, 0.29) is 0 Å². The summed E-state index contributed by atoms with van der Waals surface area (Å²) in [4.78, 5) is 4.54. The molecule has 1 aliphatic carbocycles. The molecule has 1 aromatic heterocycles. The first-order valence-corrected chi connectivity index (χ1v) is 8.48. The van der Waals surface area contributed by atoms with Crippen LogP contribution in [0.15, 0.2) is 28.7 Å². The fraction of sp³-hybridized carbons (Fsp3) is 0.333. The third-order valence-corrected chi connectivity index (χ3v) is 4.95. The molecule has 1 heterocycles. The standard InChI is InChI=1S/C18H18BrN3/c19-15-9-6-5-7-12(15)17-13-8-3-1-2-4-10-16(13)22-18(21)14(17)11-20/h5-7,9H,1-4,8,10H2,(H2,21,22). The Hall–Kier alpha value is -1.86. The molecular formula is C18H18BrN3. The van der Waals surface area contributed by atoms with Gasteiger partial charge in [-0.15, -0.1) is 0 Å². The summed E-state index contributed by atoms with van der Waals surface area (Å²) in [5.41, 5.74) is 10.9. The zero-order chi connectivity index (χ0) is 15.5. The van der Waals surface area contributed by atoms with E-state index in [1.807, 2.05) is 24.3 Å². The number of anilines is 1. The summed E-state index contributed by atoms with van der Waals surface area (Å²) in [7, 11) is 0. The van der Waals surface area contributed by atoms with Crippen molar-refractivity contribution in [1.82, 2.24) is 4.98 Å². The van der Waals surface area contributed by atoms with Gasteiger partial charge >= 0.3 is 0 Å². The summed E-state index contributed by atoms with van der Waals surface area (Å²) in [5, 5.41) is 9.59. The third kappa shape index (κ3) is 2.74. The van der Waals surface area contributed by atoms with Crippen molar-refractivity contribution in [1.29, 1.82) is 5.26 Å². The largest absolute Gasteiger partial charge is 0.383 e. The first-order chi connectivity index (χ1) is 10.7. The fourth-order valence-corrected chi connectivity index (χ4v) is 3.67. The van der Waals surface area contributed by atoms with Crippen LogP contribution in [0.1, 0.15) is 42.5 Å². The second-order valence-corrected chi connectivity index (χ2v) is 6.53. The summed E-state index contributed by atoms with van der Waals surface area (Å²) < 4.78 is 0.987. The number of aromatic nitrogens is 1. The van der Waals surface area contributed by atoms with Gasteiger partial charge in [0.2, 0.25) is 0 Å². The van der Waals surface area contributed by atoms with Crippen LogP contribution in [0, 0.1) is 11.3 Å². The Morgan fingerprint density at radius 3 is 2.55 bits per heavy atom. The van der Waals surface area contributed by atoms with Gasteiger partial charge in [-0.05, 0) is 42.9 Å². The number of fused-ring (bicyclic) bond motifs is 1. The number of hydrogen-bond donors (Lipinski definition) is 1. The molecule has 0 amide bonds. The lowest BCUT2D eigenvalue weighted by Gasteiger charge is -2.20. The summed E-state index contributed by atoms with van der Waals surface area (Å²) in [6, 6.07) is 10.3. The van der Waals surface area contributed by atoms with Crippen LogP contribution in [0.5, 0.6) is 0 Å². The van der Waals surface area contributed by atoms with Crippen LogP contribution in [-0.2, 0) is 12.8 Å². The first kappa shape index (κ1) is 15.1. The quantitative estimate of drug-likeness (QED) is 0.811. The first-order valence-electron chi connectivity index (χ1n) is 7.68. The molecule has 0 unspecified atom stereocenters. The van der Waals surface area contributed by atoms with Crippen molar-refractivity contribution in [2.45, 2.75) is 38.5 Å². The van der Waals surface area contributed by atoms with E-state index in [0.717, 1.165) is 47.0 Å². The van der Waals surface area contributed by atoms with Gasteiger partial charge in [0.05, 0.1) is 0 Å². The predicted molar refractivity (Wildman–Crippen MR) is 92.4 cm³/mol. The summed E-state index contributed by atoms with van der Waals surface area (Å²) >= 11 is 3.61.